The van der Waals surface area contributed by atoms with Gasteiger partial charge in [-0.05, 0) is 43.7 Å². The number of pyridine rings is 1. The first-order valence-electron chi connectivity index (χ1n) is 7.74. The lowest BCUT2D eigenvalue weighted by atomic mass is 9.90. The highest BCUT2D eigenvalue weighted by Crippen LogP contribution is 2.60. The molecule has 2 aliphatic carbocycles. The molecule has 0 spiro atoms. The average Bonchev–Trinajstić information content (AvgIpc) is 3.24. The molecule has 0 amide bonds. The van der Waals surface area contributed by atoms with Crippen molar-refractivity contribution in [3.05, 3.63) is 52.8 Å². The number of aromatic nitrogens is 1. The maximum Gasteiger partial charge on any atom is 0.309 e. The van der Waals surface area contributed by atoms with E-state index in [0.29, 0.717) is 17.5 Å². The standard InChI is InChI=1S/C18H20ClNO2/c1-3-22-18(21)17-15(12-6-4-11(2)5-7-12)16(17)13-8-14(19)10-20-9-13/h4-6,8-10,12,15-17H,3,7H2,1-2H3/t12?,15-,16-,17-/m1/s1. The number of rotatable bonds is 4. The lowest BCUT2D eigenvalue weighted by Gasteiger charge is -2.15. The second-order valence-corrected chi connectivity index (χ2v) is 6.46. The van der Waals surface area contributed by atoms with E-state index in [2.05, 4.69) is 30.1 Å². The third-order valence-corrected chi connectivity index (χ3v) is 4.76. The van der Waals surface area contributed by atoms with E-state index in [1.165, 1.54) is 5.57 Å². The number of halogens is 1. The summed E-state index contributed by atoms with van der Waals surface area (Å²) in [5, 5.41) is 0.612. The first-order valence-corrected chi connectivity index (χ1v) is 8.11. The molecule has 4 atom stereocenters. The molecule has 22 heavy (non-hydrogen) atoms. The summed E-state index contributed by atoms with van der Waals surface area (Å²) < 4.78 is 5.26. The Balaban J connectivity index is 1.83. The van der Waals surface area contributed by atoms with Crippen molar-refractivity contribution >= 4 is 17.6 Å². The Hall–Kier alpha value is -1.61. The summed E-state index contributed by atoms with van der Waals surface area (Å²) in [6, 6.07) is 1.92. The lowest BCUT2D eigenvalue weighted by Crippen LogP contribution is -2.11. The van der Waals surface area contributed by atoms with Crippen LogP contribution in [0, 0.1) is 17.8 Å². The van der Waals surface area contributed by atoms with Gasteiger partial charge in [-0.2, -0.15) is 0 Å². The fourth-order valence-electron chi connectivity index (χ4n) is 3.48. The SMILES string of the molecule is CCOC(=O)[C@H]1[C@H](c2cncc(Cl)c2)[C@H]1C1C=CC(C)=CC1. The van der Waals surface area contributed by atoms with Gasteiger partial charge >= 0.3 is 5.97 Å². The Morgan fingerprint density at radius 1 is 1.45 bits per heavy atom. The number of hydrogen-bond donors (Lipinski definition) is 0. The summed E-state index contributed by atoms with van der Waals surface area (Å²) >= 11 is 6.06. The van der Waals surface area contributed by atoms with Crippen molar-refractivity contribution in [1.29, 1.82) is 0 Å². The molecule has 1 unspecified atom stereocenters. The van der Waals surface area contributed by atoms with E-state index in [1.807, 2.05) is 19.2 Å². The fraction of sp³-hybridized carbons (Fsp3) is 0.444. The zero-order valence-electron chi connectivity index (χ0n) is 12.8. The number of nitrogens with zero attached hydrogens (tertiary/aromatic N) is 1. The summed E-state index contributed by atoms with van der Waals surface area (Å²) in [5.41, 5.74) is 2.32. The number of carbonyl (C=O) groups is 1. The van der Waals surface area contributed by atoms with Gasteiger partial charge in [0.1, 0.15) is 0 Å². The number of carbonyl (C=O) groups excluding carboxylic acids is 1. The molecule has 116 valence electrons. The second-order valence-electron chi connectivity index (χ2n) is 6.02. The van der Waals surface area contributed by atoms with Crippen LogP contribution in [0.15, 0.2) is 42.3 Å². The molecule has 0 N–H and O–H groups in total. The Morgan fingerprint density at radius 3 is 2.91 bits per heavy atom. The molecule has 2 aliphatic rings. The van der Waals surface area contributed by atoms with Crippen LogP contribution < -0.4 is 0 Å². The number of esters is 1. The normalized spacial score (nSPS) is 29.9. The van der Waals surface area contributed by atoms with Gasteiger partial charge in [0.25, 0.3) is 0 Å². The van der Waals surface area contributed by atoms with E-state index in [-0.39, 0.29) is 23.7 Å². The van der Waals surface area contributed by atoms with Gasteiger partial charge in [0.2, 0.25) is 0 Å². The van der Waals surface area contributed by atoms with Crippen molar-refractivity contribution in [3.63, 3.8) is 0 Å². The van der Waals surface area contributed by atoms with Gasteiger partial charge in [-0.3, -0.25) is 9.78 Å². The van der Waals surface area contributed by atoms with Crippen LogP contribution in [0.25, 0.3) is 0 Å². The predicted molar refractivity (Wildman–Crippen MR) is 86.6 cm³/mol. The summed E-state index contributed by atoms with van der Waals surface area (Å²) in [7, 11) is 0. The van der Waals surface area contributed by atoms with Crippen LogP contribution in [0.4, 0.5) is 0 Å². The van der Waals surface area contributed by atoms with Crippen LogP contribution in [-0.4, -0.2) is 17.6 Å². The van der Waals surface area contributed by atoms with Crippen molar-refractivity contribution in [2.45, 2.75) is 26.2 Å². The third kappa shape index (κ3) is 2.95. The van der Waals surface area contributed by atoms with E-state index < -0.39 is 0 Å². The van der Waals surface area contributed by atoms with E-state index in [4.69, 9.17) is 16.3 Å². The van der Waals surface area contributed by atoms with Crippen LogP contribution in [0.1, 0.15) is 31.7 Å². The molecule has 3 nitrogen and oxygen atoms in total. The quantitative estimate of drug-likeness (QED) is 0.783. The minimum Gasteiger partial charge on any atom is -0.466 e. The van der Waals surface area contributed by atoms with E-state index in [1.54, 1.807) is 6.20 Å². The first-order chi connectivity index (χ1) is 10.6. The molecular formula is C18H20ClNO2. The van der Waals surface area contributed by atoms with Gasteiger partial charge in [0.05, 0.1) is 17.5 Å². The molecule has 1 aromatic rings. The lowest BCUT2D eigenvalue weighted by molar-refractivity contribution is -0.145. The largest absolute Gasteiger partial charge is 0.466 e. The number of allylic oxidation sites excluding steroid dienone is 4. The van der Waals surface area contributed by atoms with Crippen LogP contribution in [-0.2, 0) is 9.53 Å². The average molecular weight is 318 g/mol. The Bertz CT molecular complexity index is 638. The van der Waals surface area contributed by atoms with Crippen LogP contribution in [0.5, 0.6) is 0 Å². The minimum atomic E-state index is -0.0999. The number of hydrogen-bond acceptors (Lipinski definition) is 3. The summed E-state index contributed by atoms with van der Waals surface area (Å²) in [4.78, 5) is 16.4. The Kier molecular flexibility index (Phi) is 4.34. The highest BCUT2D eigenvalue weighted by atomic mass is 35.5. The van der Waals surface area contributed by atoms with Crippen molar-refractivity contribution in [1.82, 2.24) is 4.98 Å². The highest BCUT2D eigenvalue weighted by molar-refractivity contribution is 6.30. The molecule has 3 rings (SSSR count). The maximum absolute atomic E-state index is 12.3. The zero-order chi connectivity index (χ0) is 15.7. The summed E-state index contributed by atoms with van der Waals surface area (Å²) in [5.74, 6) is 0.632. The smallest absolute Gasteiger partial charge is 0.309 e. The van der Waals surface area contributed by atoms with Crippen molar-refractivity contribution < 1.29 is 9.53 Å². The predicted octanol–water partition coefficient (Wildman–Crippen LogP) is 4.15. The van der Waals surface area contributed by atoms with E-state index >= 15 is 0 Å². The molecule has 1 fully saturated rings. The van der Waals surface area contributed by atoms with Crippen molar-refractivity contribution in [2.75, 3.05) is 6.61 Å². The molecule has 1 aromatic heterocycles. The first kappa shape index (κ1) is 15.3. The van der Waals surface area contributed by atoms with Crippen molar-refractivity contribution in [3.8, 4) is 0 Å². The molecule has 1 heterocycles. The summed E-state index contributed by atoms with van der Waals surface area (Å²) in [6.07, 6.45) is 11.0. The minimum absolute atomic E-state index is 0.0818. The third-order valence-electron chi connectivity index (χ3n) is 4.56. The molecule has 0 aliphatic heterocycles. The van der Waals surface area contributed by atoms with Crippen LogP contribution in [0.3, 0.4) is 0 Å². The van der Waals surface area contributed by atoms with E-state index in [0.717, 1.165) is 12.0 Å². The molecule has 0 bridgehead atoms. The second kappa shape index (κ2) is 6.25. The van der Waals surface area contributed by atoms with Gasteiger partial charge in [-0.15, -0.1) is 0 Å². The maximum atomic E-state index is 12.3. The molecule has 1 saturated carbocycles. The molecule has 0 saturated heterocycles. The molecule has 4 heteroatoms. The van der Waals surface area contributed by atoms with Gasteiger partial charge in [-0.25, -0.2) is 0 Å². The van der Waals surface area contributed by atoms with Crippen molar-refractivity contribution in [2.24, 2.45) is 17.8 Å². The van der Waals surface area contributed by atoms with E-state index in [9.17, 15) is 4.79 Å². The molecule has 0 radical (unpaired) electrons. The van der Waals surface area contributed by atoms with Gasteiger partial charge in [0, 0.05) is 18.3 Å². The topological polar surface area (TPSA) is 39.2 Å². The zero-order valence-corrected chi connectivity index (χ0v) is 13.6. The Labute approximate surface area is 136 Å². The monoisotopic (exact) mass is 317 g/mol. The Morgan fingerprint density at radius 2 is 2.27 bits per heavy atom. The van der Waals surface area contributed by atoms with Gasteiger partial charge < -0.3 is 4.74 Å². The molecular weight excluding hydrogens is 298 g/mol. The van der Waals surface area contributed by atoms with Gasteiger partial charge in [-0.1, -0.05) is 35.4 Å². The summed E-state index contributed by atoms with van der Waals surface area (Å²) in [6.45, 7) is 4.36. The van der Waals surface area contributed by atoms with Crippen LogP contribution >= 0.6 is 11.6 Å². The highest BCUT2D eigenvalue weighted by Gasteiger charge is 2.58. The number of ether oxygens (including phenoxy) is 1. The fourth-order valence-corrected chi connectivity index (χ4v) is 3.66. The molecule has 0 aromatic carbocycles. The van der Waals surface area contributed by atoms with Gasteiger partial charge in [0.15, 0.2) is 0 Å². The van der Waals surface area contributed by atoms with Crippen LogP contribution in [0.2, 0.25) is 5.02 Å².